The van der Waals surface area contributed by atoms with Crippen LogP contribution in [0.4, 0.5) is 4.79 Å². The lowest BCUT2D eigenvalue weighted by Crippen LogP contribution is -2.34. The van der Waals surface area contributed by atoms with E-state index in [9.17, 15) is 9.59 Å². The SMILES string of the molecule is C#CCN1C(=O)OCC1C=O. The molecular formula is C7H7NO3. The van der Waals surface area contributed by atoms with Crippen molar-refractivity contribution in [1.82, 2.24) is 4.90 Å². The molecular weight excluding hydrogens is 146 g/mol. The Balaban J connectivity index is 2.64. The summed E-state index contributed by atoms with van der Waals surface area (Å²) in [4.78, 5) is 22.3. The minimum Gasteiger partial charge on any atom is -0.447 e. The third-order valence-electron chi connectivity index (χ3n) is 1.43. The van der Waals surface area contributed by atoms with Crippen molar-refractivity contribution in [3.8, 4) is 12.3 Å². The second kappa shape index (κ2) is 3.06. The van der Waals surface area contributed by atoms with Crippen molar-refractivity contribution in [2.24, 2.45) is 0 Å². The number of ether oxygens (including phenoxy) is 1. The van der Waals surface area contributed by atoms with Gasteiger partial charge >= 0.3 is 6.09 Å². The van der Waals surface area contributed by atoms with Gasteiger partial charge in [-0.1, -0.05) is 5.92 Å². The Bertz CT molecular complexity index is 218. The molecule has 58 valence electrons. The number of carbonyl (C=O) groups excluding carboxylic acids is 2. The van der Waals surface area contributed by atoms with E-state index in [2.05, 4.69) is 10.7 Å². The number of hydrogen-bond donors (Lipinski definition) is 0. The van der Waals surface area contributed by atoms with Crippen LogP contribution in [0, 0.1) is 12.3 Å². The maximum Gasteiger partial charge on any atom is 0.411 e. The van der Waals surface area contributed by atoms with Crippen molar-refractivity contribution < 1.29 is 14.3 Å². The summed E-state index contributed by atoms with van der Waals surface area (Å²) < 4.78 is 4.58. The third-order valence-corrected chi connectivity index (χ3v) is 1.43. The maximum atomic E-state index is 10.8. The van der Waals surface area contributed by atoms with Crippen LogP contribution >= 0.6 is 0 Å². The second-order valence-corrected chi connectivity index (χ2v) is 2.11. The molecule has 4 heteroatoms. The molecule has 0 aliphatic carbocycles. The Kier molecular flexibility index (Phi) is 2.12. The molecule has 0 N–H and O–H groups in total. The standard InChI is InChI=1S/C7H7NO3/c1-2-3-8-6(4-9)5-11-7(8)10/h1,4,6H,3,5H2. The summed E-state index contributed by atoms with van der Waals surface area (Å²) in [6.07, 6.45) is 5.11. The quantitative estimate of drug-likeness (QED) is 0.402. The highest BCUT2D eigenvalue weighted by molar-refractivity contribution is 5.77. The van der Waals surface area contributed by atoms with Crippen LogP contribution in [0.2, 0.25) is 0 Å². The predicted octanol–water partition coefficient (Wildman–Crippen LogP) is -0.361. The van der Waals surface area contributed by atoms with Gasteiger partial charge in [0.2, 0.25) is 0 Å². The number of aldehydes is 1. The molecule has 1 fully saturated rings. The molecule has 1 saturated heterocycles. The van der Waals surface area contributed by atoms with Gasteiger partial charge in [-0.2, -0.15) is 0 Å². The minimum absolute atomic E-state index is 0.115. The smallest absolute Gasteiger partial charge is 0.411 e. The summed E-state index contributed by atoms with van der Waals surface area (Å²) in [5, 5.41) is 0. The molecule has 1 atom stereocenters. The number of amides is 1. The summed E-state index contributed by atoms with van der Waals surface area (Å²) >= 11 is 0. The predicted molar refractivity (Wildman–Crippen MR) is 36.7 cm³/mol. The van der Waals surface area contributed by atoms with Gasteiger partial charge < -0.3 is 9.53 Å². The number of terminal acetylenes is 1. The molecule has 0 aromatic carbocycles. The van der Waals surface area contributed by atoms with E-state index < -0.39 is 12.1 Å². The lowest BCUT2D eigenvalue weighted by molar-refractivity contribution is -0.110. The summed E-state index contributed by atoms with van der Waals surface area (Å²) in [6.45, 7) is 0.242. The van der Waals surface area contributed by atoms with Crippen LogP contribution in [0.5, 0.6) is 0 Å². The molecule has 1 amide bonds. The van der Waals surface area contributed by atoms with E-state index in [0.29, 0.717) is 6.29 Å². The van der Waals surface area contributed by atoms with Crippen LogP contribution < -0.4 is 0 Å². The Hall–Kier alpha value is -1.50. The van der Waals surface area contributed by atoms with E-state index >= 15 is 0 Å². The summed E-state index contributed by atoms with van der Waals surface area (Å²) in [5.74, 6) is 2.27. The van der Waals surface area contributed by atoms with Gasteiger partial charge in [0.1, 0.15) is 18.9 Å². The topological polar surface area (TPSA) is 46.6 Å². The van der Waals surface area contributed by atoms with E-state index in [0.717, 1.165) is 0 Å². The highest BCUT2D eigenvalue weighted by atomic mass is 16.6. The van der Waals surface area contributed by atoms with Crippen LogP contribution in [0.3, 0.4) is 0 Å². The van der Waals surface area contributed by atoms with Crippen molar-refractivity contribution in [1.29, 1.82) is 0 Å². The molecule has 0 bridgehead atoms. The van der Waals surface area contributed by atoms with Crippen LogP contribution in [-0.2, 0) is 9.53 Å². The van der Waals surface area contributed by atoms with Gasteiger partial charge in [0.25, 0.3) is 0 Å². The average molecular weight is 153 g/mol. The van der Waals surface area contributed by atoms with Crippen molar-refractivity contribution in [3.63, 3.8) is 0 Å². The lowest BCUT2D eigenvalue weighted by atomic mass is 10.3. The van der Waals surface area contributed by atoms with Gasteiger partial charge in [-0.25, -0.2) is 4.79 Å². The number of nitrogens with zero attached hydrogens (tertiary/aromatic N) is 1. The van der Waals surface area contributed by atoms with Gasteiger partial charge in [0.05, 0.1) is 6.54 Å². The van der Waals surface area contributed by atoms with E-state index in [1.165, 1.54) is 4.90 Å². The molecule has 0 aromatic heterocycles. The molecule has 1 aliphatic rings. The average Bonchev–Trinajstić information content (AvgIpc) is 2.34. The number of rotatable bonds is 2. The first kappa shape index (κ1) is 7.61. The second-order valence-electron chi connectivity index (χ2n) is 2.11. The first-order valence-electron chi connectivity index (χ1n) is 3.11. The highest BCUT2D eigenvalue weighted by Crippen LogP contribution is 2.08. The zero-order valence-electron chi connectivity index (χ0n) is 5.82. The van der Waals surface area contributed by atoms with Crippen LogP contribution in [0.15, 0.2) is 0 Å². The van der Waals surface area contributed by atoms with E-state index in [-0.39, 0.29) is 13.2 Å². The molecule has 1 unspecified atom stereocenters. The number of carbonyl (C=O) groups is 2. The first-order chi connectivity index (χ1) is 5.29. The minimum atomic E-state index is -0.514. The van der Waals surface area contributed by atoms with Gasteiger partial charge in [0.15, 0.2) is 0 Å². The number of hydrogen-bond acceptors (Lipinski definition) is 3. The maximum absolute atomic E-state index is 10.8. The molecule has 11 heavy (non-hydrogen) atoms. The molecule has 0 aromatic rings. The summed E-state index contributed by atoms with van der Waals surface area (Å²) in [5.41, 5.74) is 0. The largest absolute Gasteiger partial charge is 0.447 e. The fourth-order valence-corrected chi connectivity index (χ4v) is 0.858. The summed E-state index contributed by atoms with van der Waals surface area (Å²) in [6, 6.07) is -0.501. The van der Waals surface area contributed by atoms with Crippen molar-refractivity contribution >= 4 is 12.4 Å². The van der Waals surface area contributed by atoms with Crippen LogP contribution in [0.1, 0.15) is 0 Å². The van der Waals surface area contributed by atoms with E-state index in [1.807, 2.05) is 0 Å². The third kappa shape index (κ3) is 1.32. The molecule has 1 rings (SSSR count). The Morgan fingerprint density at radius 1 is 1.91 bits per heavy atom. The molecule has 0 saturated carbocycles. The fraction of sp³-hybridized carbons (Fsp3) is 0.429. The highest BCUT2D eigenvalue weighted by Gasteiger charge is 2.31. The Labute approximate surface area is 64.1 Å². The van der Waals surface area contributed by atoms with Gasteiger partial charge in [-0.05, 0) is 0 Å². The van der Waals surface area contributed by atoms with Crippen molar-refractivity contribution in [2.75, 3.05) is 13.2 Å². The summed E-state index contributed by atoms with van der Waals surface area (Å²) in [7, 11) is 0. The normalized spacial score (nSPS) is 22.6. The molecule has 4 nitrogen and oxygen atoms in total. The molecule has 1 aliphatic heterocycles. The van der Waals surface area contributed by atoms with E-state index in [1.54, 1.807) is 0 Å². The van der Waals surface area contributed by atoms with Gasteiger partial charge in [-0.15, -0.1) is 6.42 Å². The number of cyclic esters (lactones) is 1. The lowest BCUT2D eigenvalue weighted by Gasteiger charge is -2.11. The molecule has 1 heterocycles. The van der Waals surface area contributed by atoms with Crippen LogP contribution in [0.25, 0.3) is 0 Å². The monoisotopic (exact) mass is 153 g/mol. The van der Waals surface area contributed by atoms with Gasteiger partial charge in [-0.3, -0.25) is 4.90 Å². The van der Waals surface area contributed by atoms with Gasteiger partial charge in [0, 0.05) is 0 Å². The van der Waals surface area contributed by atoms with Crippen LogP contribution in [-0.4, -0.2) is 36.5 Å². The first-order valence-corrected chi connectivity index (χ1v) is 3.11. The Morgan fingerprint density at radius 2 is 2.64 bits per heavy atom. The molecule has 0 radical (unpaired) electrons. The molecule has 0 spiro atoms. The zero-order chi connectivity index (χ0) is 8.27. The van der Waals surface area contributed by atoms with Crippen molar-refractivity contribution in [3.05, 3.63) is 0 Å². The Morgan fingerprint density at radius 3 is 3.18 bits per heavy atom. The fourth-order valence-electron chi connectivity index (χ4n) is 0.858. The van der Waals surface area contributed by atoms with Crippen molar-refractivity contribution in [2.45, 2.75) is 6.04 Å². The zero-order valence-corrected chi connectivity index (χ0v) is 5.82. The van der Waals surface area contributed by atoms with E-state index in [4.69, 9.17) is 6.42 Å².